The van der Waals surface area contributed by atoms with Gasteiger partial charge in [0.15, 0.2) is 5.16 Å². The van der Waals surface area contributed by atoms with Crippen LogP contribution < -0.4 is 10.1 Å². The van der Waals surface area contributed by atoms with E-state index in [1.165, 1.54) is 11.8 Å². The molecular weight excluding hydrogens is 436 g/mol. The summed E-state index contributed by atoms with van der Waals surface area (Å²) in [6.45, 7) is 2.36. The molecule has 0 spiro atoms. The average molecular weight is 457 g/mol. The number of imide groups is 1. The van der Waals surface area contributed by atoms with Crippen molar-refractivity contribution in [2.24, 2.45) is 0 Å². The predicted octanol–water partition coefficient (Wildman–Crippen LogP) is 3.58. The number of rotatable bonds is 9. The minimum Gasteiger partial charge on any atom is -0.493 e. The molecule has 1 N–H and O–H groups in total. The minimum absolute atomic E-state index is 0.229. The molecule has 1 fully saturated rings. The van der Waals surface area contributed by atoms with E-state index in [1.807, 2.05) is 31.2 Å². The van der Waals surface area contributed by atoms with E-state index in [9.17, 15) is 9.59 Å². The molecule has 160 valence electrons. The number of oxazole rings is 1. The smallest absolute Gasteiger partial charge is 0.286 e. The van der Waals surface area contributed by atoms with E-state index in [1.54, 1.807) is 18.5 Å². The first kappa shape index (κ1) is 21.4. The molecule has 31 heavy (non-hydrogen) atoms. The third-order valence-corrected chi connectivity index (χ3v) is 6.36. The molecule has 8 nitrogen and oxygen atoms in total. The molecule has 1 aromatic carbocycles. The van der Waals surface area contributed by atoms with Crippen molar-refractivity contribution >= 4 is 34.7 Å². The summed E-state index contributed by atoms with van der Waals surface area (Å²) in [5, 5.41) is 2.34. The van der Waals surface area contributed by atoms with Crippen molar-refractivity contribution in [3.63, 3.8) is 0 Å². The van der Waals surface area contributed by atoms with Crippen LogP contribution in [0, 0.1) is 6.92 Å². The van der Waals surface area contributed by atoms with Gasteiger partial charge in [-0.2, -0.15) is 0 Å². The first-order valence-electron chi connectivity index (χ1n) is 9.65. The van der Waals surface area contributed by atoms with Gasteiger partial charge < -0.3 is 9.15 Å². The van der Waals surface area contributed by atoms with Crippen LogP contribution in [0.1, 0.15) is 22.9 Å². The molecule has 0 aliphatic carbocycles. The maximum atomic E-state index is 11.7. The van der Waals surface area contributed by atoms with Gasteiger partial charge in [-0.1, -0.05) is 35.7 Å². The van der Waals surface area contributed by atoms with Crippen molar-refractivity contribution in [3.05, 3.63) is 65.6 Å². The zero-order valence-corrected chi connectivity index (χ0v) is 18.4. The van der Waals surface area contributed by atoms with Gasteiger partial charge in [0.1, 0.15) is 11.5 Å². The van der Waals surface area contributed by atoms with Crippen molar-refractivity contribution in [1.82, 2.24) is 20.3 Å². The number of nitrogens with one attached hydrogen (secondary N) is 1. The lowest BCUT2D eigenvalue weighted by atomic mass is 10.1. The van der Waals surface area contributed by atoms with Gasteiger partial charge in [-0.3, -0.25) is 14.9 Å². The summed E-state index contributed by atoms with van der Waals surface area (Å²) in [5.41, 5.74) is 1.85. The quantitative estimate of drug-likeness (QED) is 0.382. The van der Waals surface area contributed by atoms with Crippen molar-refractivity contribution in [2.75, 3.05) is 6.61 Å². The molecule has 3 aromatic rings. The number of amides is 2. The number of thioether (sulfide) groups is 2. The van der Waals surface area contributed by atoms with Crippen LogP contribution in [0.25, 0.3) is 0 Å². The molecule has 1 aliphatic heterocycles. The van der Waals surface area contributed by atoms with E-state index < -0.39 is 0 Å². The molecule has 1 unspecified atom stereocenters. The highest BCUT2D eigenvalue weighted by Gasteiger charge is 2.31. The number of ether oxygens (including phenoxy) is 1. The Labute approximate surface area is 187 Å². The predicted molar refractivity (Wildman–Crippen MR) is 117 cm³/mol. The van der Waals surface area contributed by atoms with Crippen LogP contribution in [0.5, 0.6) is 5.75 Å². The third kappa shape index (κ3) is 5.86. The van der Waals surface area contributed by atoms with E-state index in [-0.39, 0.29) is 16.4 Å². The van der Waals surface area contributed by atoms with E-state index in [0.29, 0.717) is 36.2 Å². The molecule has 0 saturated carbocycles. The summed E-state index contributed by atoms with van der Waals surface area (Å²) in [6.07, 6.45) is 4.55. The summed E-state index contributed by atoms with van der Waals surface area (Å²) in [5.74, 6) is 2.50. The number of benzene rings is 1. The average Bonchev–Trinajstić information content (AvgIpc) is 3.29. The number of nitrogens with zero attached hydrogens (tertiary/aromatic N) is 3. The molecule has 10 heteroatoms. The third-order valence-electron chi connectivity index (χ3n) is 4.52. The van der Waals surface area contributed by atoms with Crippen molar-refractivity contribution in [1.29, 1.82) is 0 Å². The van der Waals surface area contributed by atoms with Gasteiger partial charge in [0.25, 0.3) is 5.24 Å². The molecule has 4 rings (SSSR count). The first-order chi connectivity index (χ1) is 15.1. The number of carbonyl (C=O) groups excluding carboxylic acids is 2. The van der Waals surface area contributed by atoms with Crippen LogP contribution in [0.4, 0.5) is 4.79 Å². The Morgan fingerprint density at radius 2 is 1.97 bits per heavy atom. The van der Waals surface area contributed by atoms with Crippen LogP contribution in [0.2, 0.25) is 0 Å². The SMILES string of the molecule is Cc1oc(CSc2ncccn2)nc1CCOc1ccc(CC2SC(=O)NC2=O)cc1. The normalized spacial score (nSPS) is 15.8. The maximum Gasteiger partial charge on any atom is 0.286 e. The molecule has 1 saturated heterocycles. The summed E-state index contributed by atoms with van der Waals surface area (Å²) in [4.78, 5) is 35.8. The van der Waals surface area contributed by atoms with Gasteiger partial charge >= 0.3 is 0 Å². The number of carbonyl (C=O) groups is 2. The minimum atomic E-state index is -0.366. The van der Waals surface area contributed by atoms with Crippen molar-refractivity contribution < 1.29 is 18.7 Å². The highest BCUT2D eigenvalue weighted by Crippen LogP contribution is 2.24. The molecule has 0 radical (unpaired) electrons. The molecule has 3 heterocycles. The van der Waals surface area contributed by atoms with Crippen LogP contribution in [0.15, 0.2) is 52.3 Å². The first-order valence-corrected chi connectivity index (χ1v) is 11.5. The largest absolute Gasteiger partial charge is 0.493 e. The van der Waals surface area contributed by atoms with E-state index in [4.69, 9.17) is 9.15 Å². The number of hydrogen-bond donors (Lipinski definition) is 1. The highest BCUT2D eigenvalue weighted by molar-refractivity contribution is 8.15. The number of aromatic nitrogens is 3. The van der Waals surface area contributed by atoms with Gasteiger partial charge in [0, 0.05) is 18.8 Å². The Bertz CT molecular complexity index is 1060. The summed E-state index contributed by atoms with van der Waals surface area (Å²) >= 11 is 2.51. The van der Waals surface area contributed by atoms with E-state index in [0.717, 1.165) is 34.5 Å². The number of hydrogen-bond acceptors (Lipinski definition) is 9. The molecule has 2 amide bonds. The highest BCUT2D eigenvalue weighted by atomic mass is 32.2. The number of aryl methyl sites for hydroxylation is 1. The molecule has 1 atom stereocenters. The van der Waals surface area contributed by atoms with Gasteiger partial charge in [-0.25, -0.2) is 15.0 Å². The van der Waals surface area contributed by atoms with Gasteiger partial charge in [0.2, 0.25) is 11.8 Å². The van der Waals surface area contributed by atoms with Gasteiger partial charge in [0.05, 0.1) is 23.3 Å². The fourth-order valence-electron chi connectivity index (χ4n) is 3.00. The Morgan fingerprint density at radius 1 is 1.19 bits per heavy atom. The lowest BCUT2D eigenvalue weighted by molar-refractivity contribution is -0.118. The van der Waals surface area contributed by atoms with Crippen LogP contribution in [-0.4, -0.2) is 38.0 Å². The van der Waals surface area contributed by atoms with Crippen LogP contribution in [0.3, 0.4) is 0 Å². The van der Waals surface area contributed by atoms with Crippen LogP contribution in [-0.2, 0) is 23.4 Å². The lowest BCUT2D eigenvalue weighted by Gasteiger charge is -2.08. The summed E-state index contributed by atoms with van der Waals surface area (Å²) < 4.78 is 11.6. The van der Waals surface area contributed by atoms with Crippen molar-refractivity contribution in [2.45, 2.75) is 35.9 Å². The second kappa shape index (κ2) is 9.97. The Hall–Kier alpha value is -2.85. The standard InChI is InChI=1S/C21H20N4O4S2/c1-13-16(24-18(29-13)12-30-20-22-8-2-9-23-20)7-10-28-15-5-3-14(4-6-15)11-17-19(26)25-21(27)31-17/h2-6,8-9,17H,7,10-12H2,1H3,(H,25,26,27). The monoisotopic (exact) mass is 456 g/mol. The zero-order chi connectivity index (χ0) is 21.6. The van der Waals surface area contributed by atoms with E-state index in [2.05, 4.69) is 20.3 Å². The molecule has 2 aromatic heterocycles. The second-order valence-corrected chi connectivity index (χ2v) is 8.88. The molecule has 1 aliphatic rings. The van der Waals surface area contributed by atoms with Gasteiger partial charge in [-0.15, -0.1) is 0 Å². The Balaban J connectivity index is 1.24. The zero-order valence-electron chi connectivity index (χ0n) is 16.7. The summed E-state index contributed by atoms with van der Waals surface area (Å²) in [7, 11) is 0. The fraction of sp³-hybridized carbons (Fsp3) is 0.286. The molecular formula is C21H20N4O4S2. The summed E-state index contributed by atoms with van der Waals surface area (Å²) in [6, 6.07) is 9.33. The fourth-order valence-corrected chi connectivity index (χ4v) is 4.50. The van der Waals surface area contributed by atoms with Gasteiger partial charge in [-0.05, 0) is 37.1 Å². The Kier molecular flexibility index (Phi) is 6.88. The van der Waals surface area contributed by atoms with Crippen LogP contribution >= 0.6 is 23.5 Å². The molecule has 0 bridgehead atoms. The lowest BCUT2D eigenvalue weighted by Crippen LogP contribution is -2.25. The maximum absolute atomic E-state index is 11.7. The second-order valence-electron chi connectivity index (χ2n) is 6.76. The van der Waals surface area contributed by atoms with Crippen molar-refractivity contribution in [3.8, 4) is 5.75 Å². The van der Waals surface area contributed by atoms with E-state index >= 15 is 0 Å². The topological polar surface area (TPSA) is 107 Å². The Morgan fingerprint density at radius 3 is 2.68 bits per heavy atom.